The van der Waals surface area contributed by atoms with Gasteiger partial charge in [-0.1, -0.05) is 43.6 Å². The van der Waals surface area contributed by atoms with Crippen LogP contribution >= 0.6 is 11.6 Å². The van der Waals surface area contributed by atoms with E-state index < -0.39 is 0 Å². The van der Waals surface area contributed by atoms with Crippen LogP contribution in [0.5, 0.6) is 0 Å². The van der Waals surface area contributed by atoms with Gasteiger partial charge in [-0.2, -0.15) is 5.10 Å². The number of nitrogens with zero attached hydrogens (tertiary/aromatic N) is 2. The molecule has 0 atom stereocenters. The van der Waals surface area contributed by atoms with Crippen LogP contribution in [0, 0.1) is 13.8 Å². The second-order valence-electron chi connectivity index (χ2n) is 7.48. The highest BCUT2D eigenvalue weighted by molar-refractivity contribution is 6.30. The predicted molar refractivity (Wildman–Crippen MR) is 120 cm³/mol. The number of aromatic nitrogens is 2. The zero-order valence-corrected chi connectivity index (χ0v) is 18.2. The maximum absolute atomic E-state index is 12.8. The summed E-state index contributed by atoms with van der Waals surface area (Å²) in [5, 5.41) is 10.6. The Bertz CT molecular complexity index is 1050. The molecule has 7 heteroatoms. The van der Waals surface area contributed by atoms with Crippen molar-refractivity contribution < 1.29 is 9.59 Å². The van der Waals surface area contributed by atoms with Crippen LogP contribution in [0.1, 0.15) is 46.9 Å². The van der Waals surface area contributed by atoms with E-state index in [2.05, 4.69) is 15.7 Å². The molecule has 6 nitrogen and oxygen atoms in total. The van der Waals surface area contributed by atoms with E-state index >= 15 is 0 Å². The van der Waals surface area contributed by atoms with Crippen molar-refractivity contribution >= 4 is 29.1 Å². The van der Waals surface area contributed by atoms with Crippen LogP contribution in [0.4, 0.5) is 5.69 Å². The number of benzene rings is 2. The van der Waals surface area contributed by atoms with Gasteiger partial charge in [-0.3, -0.25) is 9.59 Å². The van der Waals surface area contributed by atoms with Crippen molar-refractivity contribution in [2.45, 2.75) is 33.6 Å². The summed E-state index contributed by atoms with van der Waals surface area (Å²) in [6.45, 7) is 7.72. The maximum atomic E-state index is 12.8. The van der Waals surface area contributed by atoms with Gasteiger partial charge in [-0.25, -0.2) is 4.68 Å². The Morgan fingerprint density at radius 1 is 1.07 bits per heavy atom. The van der Waals surface area contributed by atoms with E-state index in [1.807, 2.05) is 58.0 Å². The van der Waals surface area contributed by atoms with Crippen LogP contribution < -0.4 is 10.6 Å². The van der Waals surface area contributed by atoms with Crippen LogP contribution in [0.25, 0.3) is 5.69 Å². The second kappa shape index (κ2) is 9.13. The number of hydrogen-bond acceptors (Lipinski definition) is 3. The normalized spacial score (nSPS) is 10.9. The van der Waals surface area contributed by atoms with E-state index in [9.17, 15) is 9.59 Å². The van der Waals surface area contributed by atoms with Gasteiger partial charge in [0.2, 0.25) is 5.91 Å². The van der Waals surface area contributed by atoms with Gasteiger partial charge in [0.15, 0.2) is 0 Å². The molecule has 0 aliphatic rings. The Labute approximate surface area is 181 Å². The molecule has 156 valence electrons. The van der Waals surface area contributed by atoms with Gasteiger partial charge in [0, 0.05) is 10.7 Å². The summed E-state index contributed by atoms with van der Waals surface area (Å²) in [5.41, 5.74) is 4.75. The highest BCUT2D eigenvalue weighted by atomic mass is 35.5. The molecule has 2 aromatic carbocycles. The van der Waals surface area contributed by atoms with Crippen LogP contribution in [-0.4, -0.2) is 28.1 Å². The third-order valence-corrected chi connectivity index (χ3v) is 5.08. The Morgan fingerprint density at radius 2 is 1.70 bits per heavy atom. The monoisotopic (exact) mass is 424 g/mol. The average molecular weight is 425 g/mol. The third-order valence-electron chi connectivity index (χ3n) is 4.82. The Hall–Kier alpha value is -3.12. The number of anilines is 1. The molecule has 0 saturated heterocycles. The lowest BCUT2D eigenvalue weighted by molar-refractivity contribution is -0.115. The molecule has 0 aliphatic carbocycles. The van der Waals surface area contributed by atoms with Gasteiger partial charge in [0.25, 0.3) is 5.91 Å². The number of nitrogens with one attached hydrogen (secondary N) is 2. The van der Waals surface area contributed by atoms with Crippen LogP contribution in [-0.2, 0) is 4.79 Å². The Morgan fingerprint density at radius 3 is 2.30 bits per heavy atom. The van der Waals surface area contributed by atoms with Gasteiger partial charge in [0.1, 0.15) is 0 Å². The van der Waals surface area contributed by atoms with Gasteiger partial charge < -0.3 is 10.6 Å². The minimum Gasteiger partial charge on any atom is -0.343 e. The van der Waals surface area contributed by atoms with Crippen molar-refractivity contribution in [2.75, 3.05) is 11.9 Å². The molecular weight excluding hydrogens is 400 g/mol. The number of carbonyl (C=O) groups is 2. The average Bonchev–Trinajstić information content (AvgIpc) is 3.15. The fourth-order valence-corrected chi connectivity index (χ4v) is 3.45. The van der Waals surface area contributed by atoms with Crippen molar-refractivity contribution in [3.63, 3.8) is 0 Å². The van der Waals surface area contributed by atoms with Crippen molar-refractivity contribution in [3.05, 3.63) is 76.1 Å². The van der Waals surface area contributed by atoms with Crippen molar-refractivity contribution in [2.24, 2.45) is 0 Å². The largest absolute Gasteiger partial charge is 0.343 e. The number of carbonyl (C=O) groups excluding carboxylic acids is 2. The van der Waals surface area contributed by atoms with Gasteiger partial charge >= 0.3 is 0 Å². The molecule has 2 amide bonds. The van der Waals surface area contributed by atoms with Crippen LogP contribution in [0.15, 0.2) is 48.7 Å². The van der Waals surface area contributed by atoms with E-state index in [1.165, 1.54) is 6.20 Å². The third kappa shape index (κ3) is 4.71. The Balaban J connectivity index is 1.74. The molecule has 0 saturated carbocycles. The van der Waals surface area contributed by atoms with E-state index in [0.29, 0.717) is 10.6 Å². The molecule has 0 radical (unpaired) electrons. The molecule has 1 heterocycles. The second-order valence-corrected chi connectivity index (χ2v) is 7.92. The van der Waals surface area contributed by atoms with Gasteiger partial charge in [-0.05, 0) is 55.2 Å². The molecular formula is C23H25ClN4O2. The zero-order valence-electron chi connectivity index (χ0n) is 17.5. The summed E-state index contributed by atoms with van der Waals surface area (Å²) < 4.78 is 1.73. The topological polar surface area (TPSA) is 76.0 Å². The zero-order chi connectivity index (χ0) is 21.8. The molecule has 1 aromatic heterocycles. The number of aryl methyl sites for hydroxylation is 2. The van der Waals surface area contributed by atoms with Crippen molar-refractivity contribution in [1.29, 1.82) is 0 Å². The van der Waals surface area contributed by atoms with Crippen molar-refractivity contribution in [3.8, 4) is 5.69 Å². The fraction of sp³-hybridized carbons (Fsp3) is 0.261. The molecule has 0 aliphatic heterocycles. The summed E-state index contributed by atoms with van der Waals surface area (Å²) in [4.78, 5) is 25.2. The van der Waals surface area contributed by atoms with Crippen LogP contribution in [0.2, 0.25) is 5.02 Å². The molecule has 0 fully saturated rings. The first-order chi connectivity index (χ1) is 14.3. The fourth-order valence-electron chi connectivity index (χ4n) is 3.33. The predicted octanol–water partition coefficient (Wildman–Crippen LogP) is 4.63. The molecule has 2 N–H and O–H groups in total. The lowest BCUT2D eigenvalue weighted by atomic mass is 10.0. The Kier molecular flexibility index (Phi) is 6.57. The van der Waals surface area contributed by atoms with Crippen LogP contribution in [0.3, 0.4) is 0 Å². The smallest absolute Gasteiger partial charge is 0.255 e. The number of rotatable bonds is 6. The minimum absolute atomic E-state index is 0.0485. The lowest BCUT2D eigenvalue weighted by Crippen LogP contribution is -2.33. The quantitative estimate of drug-likeness (QED) is 0.605. The standard InChI is InChI=1S/C23H25ClN4O2/c1-14(2)22-19(12-26-28(22)18-10-8-17(24)9-11-18)23(30)25-13-20(29)27-21-15(3)6-5-7-16(21)4/h5-12,14H,13H2,1-4H3,(H,25,30)(H,27,29). The number of hydrogen-bond donors (Lipinski definition) is 2. The highest BCUT2D eigenvalue weighted by Gasteiger charge is 2.21. The molecule has 3 aromatic rings. The number of amides is 2. The number of halogens is 1. The SMILES string of the molecule is Cc1cccc(C)c1NC(=O)CNC(=O)c1cnn(-c2ccc(Cl)cc2)c1C(C)C. The minimum atomic E-state index is -0.337. The van der Waals surface area contributed by atoms with E-state index in [-0.39, 0.29) is 24.3 Å². The lowest BCUT2D eigenvalue weighted by Gasteiger charge is -2.14. The highest BCUT2D eigenvalue weighted by Crippen LogP contribution is 2.24. The summed E-state index contributed by atoms with van der Waals surface area (Å²) >= 11 is 5.97. The molecule has 0 unspecified atom stereocenters. The summed E-state index contributed by atoms with van der Waals surface area (Å²) in [5.74, 6) is -0.570. The van der Waals surface area contributed by atoms with Gasteiger partial charge in [0.05, 0.1) is 29.7 Å². The van der Waals surface area contributed by atoms with E-state index in [4.69, 9.17) is 11.6 Å². The maximum Gasteiger partial charge on any atom is 0.255 e. The first kappa shape index (κ1) is 21.6. The van der Waals surface area contributed by atoms with Gasteiger partial charge in [-0.15, -0.1) is 0 Å². The number of para-hydroxylation sites is 1. The first-order valence-electron chi connectivity index (χ1n) is 9.76. The van der Waals surface area contributed by atoms with Crippen molar-refractivity contribution in [1.82, 2.24) is 15.1 Å². The summed E-state index contributed by atoms with van der Waals surface area (Å²) in [7, 11) is 0. The first-order valence-corrected chi connectivity index (χ1v) is 10.1. The summed E-state index contributed by atoms with van der Waals surface area (Å²) in [6.07, 6.45) is 1.53. The van der Waals surface area contributed by atoms with E-state index in [1.54, 1.807) is 16.8 Å². The van der Waals surface area contributed by atoms with E-state index in [0.717, 1.165) is 28.2 Å². The molecule has 3 rings (SSSR count). The summed E-state index contributed by atoms with van der Waals surface area (Å²) in [6, 6.07) is 13.1. The molecule has 0 bridgehead atoms. The molecule has 30 heavy (non-hydrogen) atoms. The molecule has 0 spiro atoms.